The van der Waals surface area contributed by atoms with Crippen LogP contribution in [0.5, 0.6) is 0 Å². The molecule has 0 rings (SSSR count). The topological polar surface area (TPSA) is 26.0 Å². The van der Waals surface area contributed by atoms with Crippen LogP contribution in [0.15, 0.2) is 0 Å². The quantitative estimate of drug-likeness (QED) is 0.332. The van der Waals surface area contributed by atoms with Gasteiger partial charge in [0, 0.05) is 11.8 Å². The molecule has 0 fully saturated rings. The lowest BCUT2D eigenvalue weighted by atomic mass is 10.00. The fourth-order valence-corrected chi connectivity index (χ4v) is 0.377. The van der Waals surface area contributed by atoms with Crippen LogP contribution in [-0.2, 0) is 0 Å². The minimum Gasteiger partial charge on any atom is -0.363 e. The number of halogens is 1. The van der Waals surface area contributed by atoms with Crippen LogP contribution in [0.3, 0.4) is 0 Å². The fraction of sp³-hybridized carbons (Fsp3) is 0.500. The molecule has 1 nitrogen and oxygen atoms in total. The Morgan fingerprint density at radius 2 is 2.43 bits per heavy atom. The largest absolute Gasteiger partial charge is 0.363 e. The van der Waals surface area contributed by atoms with E-state index in [-0.39, 0.29) is 0 Å². The Morgan fingerprint density at radius 3 is 2.86 bits per heavy atom. The highest BCUT2D eigenvalue weighted by atomic mass is 79.9. The summed E-state index contributed by atoms with van der Waals surface area (Å²) in [6.07, 6.45) is 0.869. The van der Waals surface area contributed by atoms with Gasteiger partial charge in [0.2, 0.25) is 0 Å². The number of alkyl halides is 1. The smallest absolute Gasteiger partial charge is 0.306 e. The Kier molecular flexibility index (Phi) is 6.12. The molecule has 0 spiro atoms. The molecule has 0 aromatic rings. The molecule has 7 heavy (non-hydrogen) atoms. The minimum atomic E-state index is 0.869. The molecule has 0 amide bonds. The van der Waals surface area contributed by atoms with Gasteiger partial charge in [-0.15, -0.1) is 11.7 Å². The number of hydrogen-bond acceptors (Lipinski definition) is 1. The second-order valence-electron chi connectivity index (χ2n) is 0.927. The van der Waals surface area contributed by atoms with Crippen molar-refractivity contribution in [1.29, 1.82) is 0 Å². The third-order valence-corrected chi connectivity index (χ3v) is 0.801. The molecular formula is C4H6BBrN. The number of nitrogens with two attached hydrogens (primary N) is 1. The lowest BCUT2D eigenvalue weighted by Crippen LogP contribution is -1.99. The molecule has 0 aromatic heterocycles. The van der Waals surface area contributed by atoms with Crippen molar-refractivity contribution in [3.63, 3.8) is 0 Å². The van der Waals surface area contributed by atoms with E-state index in [0.717, 1.165) is 11.8 Å². The van der Waals surface area contributed by atoms with Gasteiger partial charge in [0.1, 0.15) is 0 Å². The highest BCUT2D eigenvalue weighted by Gasteiger charge is 1.69. The molecule has 0 saturated carbocycles. The van der Waals surface area contributed by atoms with Gasteiger partial charge in [-0.3, -0.25) is 0 Å². The average molecular weight is 159 g/mol. The number of rotatable bonds is 1. The fourth-order valence-electron chi connectivity index (χ4n) is 0.178. The van der Waals surface area contributed by atoms with E-state index < -0.39 is 0 Å². The highest BCUT2D eigenvalue weighted by molar-refractivity contribution is 9.09. The van der Waals surface area contributed by atoms with Gasteiger partial charge < -0.3 is 5.64 Å². The summed E-state index contributed by atoms with van der Waals surface area (Å²) in [4.78, 5) is 0. The third kappa shape index (κ3) is 6.06. The van der Waals surface area contributed by atoms with Gasteiger partial charge in [-0.25, -0.2) is 0 Å². The predicted octanol–water partition coefficient (Wildman–Crippen LogP) is 0.310. The first-order chi connectivity index (χ1) is 3.41. The molecule has 3 heteroatoms. The van der Waals surface area contributed by atoms with Crippen LogP contribution in [0, 0.1) is 11.7 Å². The summed E-state index contributed by atoms with van der Waals surface area (Å²) in [6, 6.07) is 0. The van der Waals surface area contributed by atoms with Crippen molar-refractivity contribution in [3.05, 3.63) is 0 Å². The summed E-state index contributed by atoms with van der Waals surface area (Å²) < 4.78 is 0. The summed E-state index contributed by atoms with van der Waals surface area (Å²) in [6.45, 7) is 0. The Bertz CT molecular complexity index is 83.4. The highest BCUT2D eigenvalue weighted by Crippen LogP contribution is 1.81. The van der Waals surface area contributed by atoms with Crippen molar-refractivity contribution in [3.8, 4) is 11.7 Å². The van der Waals surface area contributed by atoms with Gasteiger partial charge in [0.05, 0.1) is 0 Å². The summed E-state index contributed by atoms with van der Waals surface area (Å²) in [5.41, 5.74) is 4.96. The van der Waals surface area contributed by atoms with Crippen molar-refractivity contribution in [2.75, 3.05) is 5.33 Å². The van der Waals surface area contributed by atoms with E-state index >= 15 is 0 Å². The number of hydrogen-bond donors (Lipinski definition) is 1. The van der Waals surface area contributed by atoms with Crippen molar-refractivity contribution >= 4 is 23.3 Å². The zero-order valence-corrected chi connectivity index (χ0v) is 5.53. The maximum absolute atomic E-state index is 4.96. The maximum Gasteiger partial charge on any atom is 0.306 e. The molecule has 0 heterocycles. The van der Waals surface area contributed by atoms with Crippen LogP contribution < -0.4 is 5.64 Å². The van der Waals surface area contributed by atoms with E-state index in [9.17, 15) is 0 Å². The van der Waals surface area contributed by atoms with E-state index in [1.54, 1.807) is 0 Å². The van der Waals surface area contributed by atoms with Gasteiger partial charge in [-0.05, 0) is 0 Å². The normalized spacial score (nSPS) is 6.57. The Balaban J connectivity index is 2.91. The van der Waals surface area contributed by atoms with Gasteiger partial charge in [-0.1, -0.05) is 15.9 Å². The standard InChI is InChI=1S/C4H6BBrN/c6-4-2-1-3-5-7/h2,4,7H2. The van der Waals surface area contributed by atoms with Gasteiger partial charge in [-0.2, -0.15) is 0 Å². The van der Waals surface area contributed by atoms with Crippen LogP contribution in [0.4, 0.5) is 0 Å². The molecule has 1 radical (unpaired) electrons. The van der Waals surface area contributed by atoms with E-state index in [2.05, 4.69) is 27.7 Å². The first kappa shape index (κ1) is 7.06. The first-order valence-corrected chi connectivity index (χ1v) is 3.11. The summed E-state index contributed by atoms with van der Waals surface area (Å²) in [5, 5.41) is 0.924. The first-order valence-electron chi connectivity index (χ1n) is 1.99. The zero-order valence-electron chi connectivity index (χ0n) is 3.95. The Morgan fingerprint density at radius 1 is 1.71 bits per heavy atom. The molecule has 0 aliphatic heterocycles. The SMILES string of the molecule is N[B]C#CCCBr. The van der Waals surface area contributed by atoms with Crippen molar-refractivity contribution in [2.24, 2.45) is 5.64 Å². The molecule has 0 aliphatic rings. The summed E-state index contributed by atoms with van der Waals surface area (Å²) in [7, 11) is 1.35. The van der Waals surface area contributed by atoms with E-state index in [4.69, 9.17) is 5.64 Å². The second kappa shape index (κ2) is 6.06. The molecule has 0 bridgehead atoms. The minimum absolute atomic E-state index is 0.869. The van der Waals surface area contributed by atoms with Gasteiger partial charge in [0.25, 0.3) is 0 Å². The summed E-state index contributed by atoms with van der Waals surface area (Å²) >= 11 is 3.22. The summed E-state index contributed by atoms with van der Waals surface area (Å²) in [5.74, 6) is 5.43. The van der Waals surface area contributed by atoms with Crippen LogP contribution in [0.2, 0.25) is 0 Å². The van der Waals surface area contributed by atoms with Crippen LogP contribution in [0.1, 0.15) is 6.42 Å². The van der Waals surface area contributed by atoms with Crippen molar-refractivity contribution in [2.45, 2.75) is 6.42 Å². The molecular weight excluding hydrogens is 153 g/mol. The predicted molar refractivity (Wildman–Crippen MR) is 36.1 cm³/mol. The van der Waals surface area contributed by atoms with Crippen molar-refractivity contribution in [1.82, 2.24) is 0 Å². The molecule has 0 unspecified atom stereocenters. The monoisotopic (exact) mass is 158 g/mol. The molecule has 0 aliphatic carbocycles. The lowest BCUT2D eigenvalue weighted by Gasteiger charge is -1.72. The molecule has 2 N–H and O–H groups in total. The van der Waals surface area contributed by atoms with Crippen molar-refractivity contribution < 1.29 is 0 Å². The molecule has 37 valence electrons. The third-order valence-electron chi connectivity index (χ3n) is 0.405. The van der Waals surface area contributed by atoms with E-state index in [1.165, 1.54) is 7.41 Å². The lowest BCUT2D eigenvalue weighted by molar-refractivity contribution is 1.32. The van der Waals surface area contributed by atoms with Crippen LogP contribution in [-0.4, -0.2) is 12.7 Å². The Hall–Kier alpha value is 0.0649. The van der Waals surface area contributed by atoms with Crippen LogP contribution in [0.25, 0.3) is 0 Å². The zero-order chi connectivity index (χ0) is 5.54. The average Bonchev–Trinajstić information content (AvgIpc) is 1.69. The molecule has 0 saturated heterocycles. The van der Waals surface area contributed by atoms with E-state index in [1.807, 2.05) is 0 Å². The Labute approximate surface area is 53.1 Å². The second-order valence-corrected chi connectivity index (χ2v) is 1.72. The molecule has 0 atom stereocenters. The van der Waals surface area contributed by atoms with Gasteiger partial charge in [0.15, 0.2) is 0 Å². The van der Waals surface area contributed by atoms with E-state index in [0.29, 0.717) is 0 Å². The maximum atomic E-state index is 4.96. The van der Waals surface area contributed by atoms with Gasteiger partial charge >= 0.3 is 7.41 Å². The van der Waals surface area contributed by atoms with Crippen LogP contribution >= 0.6 is 15.9 Å². The molecule has 0 aromatic carbocycles.